The molecule has 7 heteroatoms. The summed E-state index contributed by atoms with van der Waals surface area (Å²) in [6, 6.07) is 2.91. The normalized spacial score (nSPS) is 24.2. The van der Waals surface area contributed by atoms with Gasteiger partial charge in [0.1, 0.15) is 0 Å². The van der Waals surface area contributed by atoms with Crippen molar-refractivity contribution in [2.75, 3.05) is 19.6 Å². The highest BCUT2D eigenvalue weighted by atomic mass is 35.5. The van der Waals surface area contributed by atoms with Gasteiger partial charge < -0.3 is 5.73 Å². The first-order valence-electron chi connectivity index (χ1n) is 6.35. The topological polar surface area (TPSA) is 63.4 Å². The van der Waals surface area contributed by atoms with Crippen LogP contribution in [0.1, 0.15) is 18.9 Å². The Labute approximate surface area is 129 Å². The molecule has 2 N–H and O–H groups in total. The first-order chi connectivity index (χ1) is 9.19. The molecule has 1 unspecified atom stereocenters. The first kappa shape index (κ1) is 16.0. The largest absolute Gasteiger partial charge is 0.330 e. The van der Waals surface area contributed by atoms with E-state index in [1.165, 1.54) is 16.4 Å². The highest BCUT2D eigenvalue weighted by Gasteiger charge is 2.39. The predicted molar refractivity (Wildman–Crippen MR) is 81.7 cm³/mol. The van der Waals surface area contributed by atoms with Crippen molar-refractivity contribution in [3.63, 3.8) is 0 Å². The summed E-state index contributed by atoms with van der Waals surface area (Å²) in [6.07, 6.45) is 0.760. The molecule has 0 saturated carbocycles. The van der Waals surface area contributed by atoms with Crippen molar-refractivity contribution >= 4 is 33.2 Å². The Bertz CT molecular complexity index is 610. The van der Waals surface area contributed by atoms with Crippen molar-refractivity contribution in [1.82, 2.24) is 4.31 Å². The summed E-state index contributed by atoms with van der Waals surface area (Å²) < 4.78 is 26.7. The minimum Gasteiger partial charge on any atom is -0.330 e. The minimum atomic E-state index is -3.57. The van der Waals surface area contributed by atoms with Gasteiger partial charge in [0.15, 0.2) is 0 Å². The number of nitrogens with zero attached hydrogens (tertiary/aromatic N) is 1. The SMILES string of the molecule is Cc1c(Cl)cc(S(=O)(=O)N2CCC(C)(CN)C2)cc1Cl. The van der Waals surface area contributed by atoms with Crippen LogP contribution in [0, 0.1) is 12.3 Å². The summed E-state index contributed by atoms with van der Waals surface area (Å²) in [4.78, 5) is 0.138. The summed E-state index contributed by atoms with van der Waals surface area (Å²) in [5.74, 6) is 0. The minimum absolute atomic E-state index is 0.138. The van der Waals surface area contributed by atoms with Gasteiger partial charge in [-0.25, -0.2) is 8.42 Å². The third-order valence-electron chi connectivity index (χ3n) is 3.91. The van der Waals surface area contributed by atoms with Crippen LogP contribution in [-0.4, -0.2) is 32.4 Å². The van der Waals surface area contributed by atoms with Gasteiger partial charge in [0.05, 0.1) is 4.90 Å². The van der Waals surface area contributed by atoms with E-state index in [1.54, 1.807) is 6.92 Å². The maximum Gasteiger partial charge on any atom is 0.243 e. The predicted octanol–water partition coefficient (Wildman–Crippen LogP) is 2.66. The molecule has 1 aliphatic rings. The van der Waals surface area contributed by atoms with Crippen LogP contribution in [0.4, 0.5) is 0 Å². The van der Waals surface area contributed by atoms with E-state index in [0.717, 1.165) is 6.42 Å². The van der Waals surface area contributed by atoms with Gasteiger partial charge in [-0.05, 0) is 43.0 Å². The fourth-order valence-electron chi connectivity index (χ4n) is 2.27. The van der Waals surface area contributed by atoms with Crippen molar-refractivity contribution in [3.8, 4) is 0 Å². The molecule has 0 aromatic heterocycles. The van der Waals surface area contributed by atoms with Crippen LogP contribution < -0.4 is 5.73 Å². The van der Waals surface area contributed by atoms with Gasteiger partial charge in [0, 0.05) is 23.1 Å². The Morgan fingerprint density at radius 3 is 2.35 bits per heavy atom. The molecule has 4 nitrogen and oxygen atoms in total. The highest BCUT2D eigenvalue weighted by Crippen LogP contribution is 2.34. The zero-order chi connectivity index (χ0) is 15.1. The number of halogens is 2. The quantitative estimate of drug-likeness (QED) is 0.922. The second-order valence-electron chi connectivity index (χ2n) is 5.62. The third-order valence-corrected chi connectivity index (χ3v) is 6.52. The molecule has 2 rings (SSSR count). The van der Waals surface area contributed by atoms with Crippen molar-refractivity contribution in [2.24, 2.45) is 11.1 Å². The van der Waals surface area contributed by atoms with E-state index in [-0.39, 0.29) is 10.3 Å². The smallest absolute Gasteiger partial charge is 0.243 e. The molecular weight excluding hydrogens is 319 g/mol. The number of hydrogen-bond donors (Lipinski definition) is 1. The standard InChI is InChI=1S/C13H18Cl2N2O2S/c1-9-11(14)5-10(6-12(9)15)20(18,19)17-4-3-13(2,7-16)8-17/h5-6H,3-4,7-8,16H2,1-2H3. The Balaban J connectivity index is 2.37. The van der Waals surface area contributed by atoms with Crippen LogP contribution in [0.15, 0.2) is 17.0 Å². The molecule has 0 radical (unpaired) electrons. The van der Waals surface area contributed by atoms with E-state index in [1.807, 2.05) is 6.92 Å². The van der Waals surface area contributed by atoms with Crippen molar-refractivity contribution < 1.29 is 8.42 Å². The van der Waals surface area contributed by atoms with Crippen molar-refractivity contribution in [3.05, 3.63) is 27.7 Å². The molecule has 0 bridgehead atoms. The zero-order valence-electron chi connectivity index (χ0n) is 11.5. The highest BCUT2D eigenvalue weighted by molar-refractivity contribution is 7.89. The van der Waals surface area contributed by atoms with Gasteiger partial charge >= 0.3 is 0 Å². The van der Waals surface area contributed by atoms with Gasteiger partial charge in [-0.1, -0.05) is 30.1 Å². The molecule has 1 fully saturated rings. The third kappa shape index (κ3) is 2.83. The maximum atomic E-state index is 12.6. The molecule has 0 aliphatic carbocycles. The molecule has 0 amide bonds. The molecule has 0 spiro atoms. The lowest BCUT2D eigenvalue weighted by atomic mass is 9.90. The van der Waals surface area contributed by atoms with Gasteiger partial charge in [-0.15, -0.1) is 0 Å². The van der Waals surface area contributed by atoms with E-state index >= 15 is 0 Å². The molecule has 1 aromatic carbocycles. The lowest BCUT2D eigenvalue weighted by molar-refractivity contribution is 0.349. The summed E-state index contributed by atoms with van der Waals surface area (Å²) >= 11 is 12.1. The van der Waals surface area contributed by atoms with Gasteiger partial charge in [0.2, 0.25) is 10.0 Å². The van der Waals surface area contributed by atoms with Gasteiger partial charge in [-0.2, -0.15) is 4.31 Å². The Morgan fingerprint density at radius 2 is 1.90 bits per heavy atom. The van der Waals surface area contributed by atoms with E-state index in [0.29, 0.717) is 35.2 Å². The number of benzene rings is 1. The summed E-state index contributed by atoms with van der Waals surface area (Å²) in [5.41, 5.74) is 6.24. The van der Waals surface area contributed by atoms with Gasteiger partial charge in [0.25, 0.3) is 0 Å². The molecule has 20 heavy (non-hydrogen) atoms. The van der Waals surface area contributed by atoms with Crippen LogP contribution in [0.3, 0.4) is 0 Å². The number of sulfonamides is 1. The van der Waals surface area contributed by atoms with Crippen LogP contribution in [-0.2, 0) is 10.0 Å². The average Bonchev–Trinajstić information content (AvgIpc) is 2.79. The van der Waals surface area contributed by atoms with Crippen LogP contribution in [0.25, 0.3) is 0 Å². The van der Waals surface area contributed by atoms with Crippen LogP contribution >= 0.6 is 23.2 Å². The van der Waals surface area contributed by atoms with E-state index < -0.39 is 10.0 Å². The Kier molecular flexibility index (Phi) is 4.38. The van der Waals surface area contributed by atoms with Crippen molar-refractivity contribution in [2.45, 2.75) is 25.2 Å². The van der Waals surface area contributed by atoms with E-state index in [4.69, 9.17) is 28.9 Å². The fraction of sp³-hybridized carbons (Fsp3) is 0.538. The van der Waals surface area contributed by atoms with E-state index in [2.05, 4.69) is 0 Å². The summed E-state index contributed by atoms with van der Waals surface area (Å²) in [6.45, 7) is 5.11. The molecule has 112 valence electrons. The fourth-order valence-corrected chi connectivity index (χ4v) is 4.53. The molecule has 1 aromatic rings. The summed E-state index contributed by atoms with van der Waals surface area (Å²) in [5, 5.41) is 0.716. The second kappa shape index (κ2) is 5.46. The van der Waals surface area contributed by atoms with Crippen molar-refractivity contribution in [1.29, 1.82) is 0 Å². The second-order valence-corrected chi connectivity index (χ2v) is 8.37. The molecule has 1 heterocycles. The van der Waals surface area contributed by atoms with Crippen LogP contribution in [0.5, 0.6) is 0 Å². The number of rotatable bonds is 3. The lowest BCUT2D eigenvalue weighted by Gasteiger charge is -2.22. The molecule has 1 saturated heterocycles. The molecule has 1 atom stereocenters. The Morgan fingerprint density at radius 1 is 1.35 bits per heavy atom. The molecular formula is C13H18Cl2N2O2S. The van der Waals surface area contributed by atoms with Crippen LogP contribution in [0.2, 0.25) is 10.0 Å². The number of nitrogens with two attached hydrogens (primary N) is 1. The van der Waals surface area contributed by atoms with E-state index in [9.17, 15) is 8.42 Å². The Hall–Kier alpha value is -0.330. The zero-order valence-corrected chi connectivity index (χ0v) is 13.8. The first-order valence-corrected chi connectivity index (χ1v) is 8.55. The molecule has 1 aliphatic heterocycles. The van der Waals surface area contributed by atoms with Gasteiger partial charge in [-0.3, -0.25) is 0 Å². The monoisotopic (exact) mass is 336 g/mol. The summed E-state index contributed by atoms with van der Waals surface area (Å²) in [7, 11) is -3.57. The maximum absolute atomic E-state index is 12.6. The average molecular weight is 337 g/mol. The lowest BCUT2D eigenvalue weighted by Crippen LogP contribution is -2.34. The number of hydrogen-bond acceptors (Lipinski definition) is 3.